The van der Waals surface area contributed by atoms with E-state index in [0.717, 1.165) is 4.90 Å². The third-order valence-corrected chi connectivity index (χ3v) is 3.91. The van der Waals surface area contributed by atoms with Gasteiger partial charge in [0.1, 0.15) is 0 Å². The van der Waals surface area contributed by atoms with Crippen LogP contribution in [0.5, 0.6) is 0 Å². The Labute approximate surface area is 180 Å². The summed E-state index contributed by atoms with van der Waals surface area (Å²) in [6.45, 7) is 2.42. The van der Waals surface area contributed by atoms with Crippen LogP contribution in [0.1, 0.15) is 13.8 Å². The molecule has 18 heavy (non-hydrogen) atoms. The van der Waals surface area contributed by atoms with Gasteiger partial charge in [0.25, 0.3) is 0 Å². The summed E-state index contributed by atoms with van der Waals surface area (Å²) >= 11 is -7.67. The molecular formula is C5H10NNa3O6S3. The van der Waals surface area contributed by atoms with Gasteiger partial charge in [-0.05, 0) is 47.1 Å². The van der Waals surface area contributed by atoms with E-state index in [1.807, 2.05) is 0 Å². The number of rotatable bonds is 6. The summed E-state index contributed by atoms with van der Waals surface area (Å²) in [5, 5.41) is -2.37. The minimum absolute atomic E-state index is 0. The normalized spacial score (nSPS) is 18.3. The van der Waals surface area contributed by atoms with E-state index < -0.39 is 49.9 Å². The summed E-state index contributed by atoms with van der Waals surface area (Å²) in [5.41, 5.74) is 0. The van der Waals surface area contributed by atoms with Crippen molar-refractivity contribution in [2.45, 2.75) is 24.6 Å². The zero-order valence-electron chi connectivity index (χ0n) is 11.0. The molecule has 0 N–H and O–H groups in total. The molecule has 0 aliphatic rings. The van der Waals surface area contributed by atoms with E-state index in [1.54, 1.807) is 0 Å². The second-order valence-corrected chi connectivity index (χ2v) is 5.94. The third kappa shape index (κ3) is 11.9. The van der Waals surface area contributed by atoms with Crippen LogP contribution in [0.2, 0.25) is 0 Å². The summed E-state index contributed by atoms with van der Waals surface area (Å²) in [6.07, 6.45) is 0. The van der Waals surface area contributed by atoms with E-state index in [2.05, 4.69) is 0 Å². The maximum Gasteiger partial charge on any atom is 1.00 e. The molecule has 0 heterocycles. The van der Waals surface area contributed by atoms with Crippen molar-refractivity contribution in [3.8, 4) is 0 Å². The largest absolute Gasteiger partial charge is 1.00 e. The molecule has 0 aliphatic carbocycles. The molecule has 0 radical (unpaired) electrons. The van der Waals surface area contributed by atoms with Gasteiger partial charge in [-0.3, -0.25) is 17.5 Å². The minimum Gasteiger partial charge on any atom is -0.771 e. The SMILES string of the molecule is CC(N(CS(=O)[O-])C(C)S(=O)[O-])S(=O)[O-].[Na+].[Na+].[Na+]. The van der Waals surface area contributed by atoms with Gasteiger partial charge in [-0.1, -0.05) is 0 Å². The molecule has 0 fully saturated rings. The second kappa shape index (κ2) is 15.2. The zero-order chi connectivity index (χ0) is 12.2. The summed E-state index contributed by atoms with van der Waals surface area (Å²) in [7, 11) is 0. The predicted octanol–water partition coefficient (Wildman–Crippen LogP) is -10.4. The van der Waals surface area contributed by atoms with Crippen LogP contribution in [-0.4, -0.2) is 47.8 Å². The smallest absolute Gasteiger partial charge is 0.771 e. The molecule has 0 amide bonds. The van der Waals surface area contributed by atoms with Crippen LogP contribution < -0.4 is 88.7 Å². The molecule has 0 saturated heterocycles. The Kier molecular flexibility index (Phi) is 24.8. The summed E-state index contributed by atoms with van der Waals surface area (Å²) < 4.78 is 63.3. The van der Waals surface area contributed by atoms with Crippen molar-refractivity contribution < 1.29 is 115 Å². The second-order valence-electron chi connectivity index (χ2n) is 2.67. The van der Waals surface area contributed by atoms with Gasteiger partial charge in [0.15, 0.2) is 0 Å². The van der Waals surface area contributed by atoms with Gasteiger partial charge in [-0.15, -0.1) is 0 Å². The molecule has 7 nitrogen and oxygen atoms in total. The van der Waals surface area contributed by atoms with Crippen LogP contribution in [0.4, 0.5) is 0 Å². The first-order chi connectivity index (χ1) is 6.77. The average Bonchev–Trinajstić information content (AvgIpc) is 2.11. The van der Waals surface area contributed by atoms with Gasteiger partial charge in [-0.25, -0.2) is 0 Å². The molecule has 0 spiro atoms. The van der Waals surface area contributed by atoms with Crippen molar-refractivity contribution in [2.24, 2.45) is 0 Å². The van der Waals surface area contributed by atoms with Crippen LogP contribution in [0.25, 0.3) is 0 Å². The van der Waals surface area contributed by atoms with Crippen LogP contribution in [0.3, 0.4) is 0 Å². The van der Waals surface area contributed by atoms with Crippen LogP contribution >= 0.6 is 0 Å². The first-order valence-corrected chi connectivity index (χ1v) is 7.27. The average molecular weight is 345 g/mol. The Morgan fingerprint density at radius 3 is 1.33 bits per heavy atom. The Bertz CT molecular complexity index is 276. The van der Waals surface area contributed by atoms with E-state index >= 15 is 0 Å². The van der Waals surface area contributed by atoms with Crippen molar-refractivity contribution in [2.75, 3.05) is 5.88 Å². The third-order valence-electron chi connectivity index (χ3n) is 1.75. The summed E-state index contributed by atoms with van der Waals surface area (Å²) in [6, 6.07) is 0. The van der Waals surface area contributed by atoms with Crippen molar-refractivity contribution in [3.63, 3.8) is 0 Å². The van der Waals surface area contributed by atoms with Gasteiger partial charge in [0.2, 0.25) is 0 Å². The Balaban J connectivity index is -0.000000327. The molecule has 5 unspecified atom stereocenters. The fraction of sp³-hybridized carbons (Fsp3) is 1.00. The fourth-order valence-corrected chi connectivity index (χ4v) is 2.76. The van der Waals surface area contributed by atoms with Gasteiger partial charge < -0.3 is 13.7 Å². The first-order valence-electron chi connectivity index (χ1n) is 3.75. The van der Waals surface area contributed by atoms with Gasteiger partial charge in [-0.2, -0.15) is 0 Å². The number of hydrogen-bond donors (Lipinski definition) is 0. The Hall–Kier alpha value is 3.29. The monoisotopic (exact) mass is 345 g/mol. The van der Waals surface area contributed by atoms with E-state index in [0.29, 0.717) is 0 Å². The van der Waals surface area contributed by atoms with Crippen molar-refractivity contribution in [1.82, 2.24) is 4.90 Å². The summed E-state index contributed by atoms with van der Waals surface area (Å²) in [5.74, 6) is -0.649. The Morgan fingerprint density at radius 2 is 1.17 bits per heavy atom. The molecule has 0 saturated carbocycles. The molecule has 0 aromatic carbocycles. The van der Waals surface area contributed by atoms with Crippen molar-refractivity contribution in [1.29, 1.82) is 0 Å². The topological polar surface area (TPSA) is 124 Å². The number of hydrogen-bond acceptors (Lipinski definition) is 7. The van der Waals surface area contributed by atoms with Crippen LogP contribution in [0.15, 0.2) is 0 Å². The molecule has 0 aromatic heterocycles. The van der Waals surface area contributed by atoms with Gasteiger partial charge in [0.05, 0.1) is 16.6 Å². The molecule has 5 atom stereocenters. The van der Waals surface area contributed by atoms with Gasteiger partial charge in [0, 0.05) is 0 Å². The van der Waals surface area contributed by atoms with E-state index in [4.69, 9.17) is 0 Å². The predicted molar refractivity (Wildman–Crippen MR) is 52.4 cm³/mol. The zero-order valence-corrected chi connectivity index (χ0v) is 19.4. The van der Waals surface area contributed by atoms with Crippen LogP contribution in [-0.2, 0) is 33.2 Å². The van der Waals surface area contributed by atoms with E-state index in [-0.39, 0.29) is 88.7 Å². The molecule has 0 aromatic rings. The quantitative estimate of drug-likeness (QED) is 0.346. The molecule has 0 aliphatic heterocycles. The molecule has 13 heteroatoms. The van der Waals surface area contributed by atoms with Crippen LogP contribution in [0, 0.1) is 0 Å². The first kappa shape index (κ1) is 29.3. The summed E-state index contributed by atoms with van der Waals surface area (Å²) in [4.78, 5) is 0.843. The fourth-order valence-electron chi connectivity index (χ4n) is 0.848. The maximum atomic E-state index is 10.6. The van der Waals surface area contributed by atoms with Crippen molar-refractivity contribution in [3.05, 3.63) is 0 Å². The molecule has 0 rings (SSSR count). The molecular weight excluding hydrogens is 335 g/mol. The van der Waals surface area contributed by atoms with Crippen molar-refractivity contribution >= 4 is 33.2 Å². The molecule has 0 bridgehead atoms. The van der Waals surface area contributed by atoms with E-state index in [1.165, 1.54) is 13.8 Å². The maximum absolute atomic E-state index is 10.6. The standard InChI is InChI=1S/C5H13NO6S3.3Na/c1-4(14(9)10)6(3-13(7)8)5(2)15(11)12;;;/h4-5H,3H2,1-2H3,(H,7,8)(H,9,10)(H,11,12);;;/q;3*+1/p-3. The number of nitrogens with zero attached hydrogens (tertiary/aromatic N) is 1. The minimum atomic E-state index is -2.56. The Morgan fingerprint density at radius 1 is 0.889 bits per heavy atom. The van der Waals surface area contributed by atoms with E-state index in [9.17, 15) is 26.3 Å². The van der Waals surface area contributed by atoms with Gasteiger partial charge >= 0.3 is 88.7 Å². The molecule has 92 valence electrons.